The number of amides is 1. The number of anilines is 1. The largest absolute Gasteiger partial charge is 0.321 e. The van der Waals surface area contributed by atoms with E-state index in [1.54, 1.807) is 12.1 Å². The summed E-state index contributed by atoms with van der Waals surface area (Å²) in [6.07, 6.45) is 6.16. The maximum Gasteiger partial charge on any atom is 0.265 e. The lowest BCUT2D eigenvalue weighted by Crippen LogP contribution is -2.12. The smallest absolute Gasteiger partial charge is 0.265 e. The molecule has 3 aromatic rings. The van der Waals surface area contributed by atoms with Crippen LogP contribution in [0.5, 0.6) is 0 Å². The summed E-state index contributed by atoms with van der Waals surface area (Å²) in [7, 11) is 0. The third kappa shape index (κ3) is 5.67. The molecule has 1 amide bonds. The minimum atomic E-state index is -0.127. The van der Waals surface area contributed by atoms with Crippen LogP contribution >= 0.6 is 11.3 Å². The molecule has 0 saturated heterocycles. The van der Waals surface area contributed by atoms with Gasteiger partial charge in [-0.05, 0) is 72.7 Å². The molecule has 0 radical (unpaired) electrons. The number of hydrogen-bond donors (Lipinski definition) is 1. The van der Waals surface area contributed by atoms with Crippen LogP contribution < -0.4 is 5.32 Å². The number of carbonyl (C=O) groups is 2. The molecule has 0 aliphatic carbocycles. The number of benzene rings is 2. The van der Waals surface area contributed by atoms with Crippen molar-refractivity contribution < 1.29 is 9.59 Å². The molecule has 0 spiro atoms. The number of aryl methyl sites for hydroxylation is 2. The normalized spacial score (nSPS) is 11.8. The van der Waals surface area contributed by atoms with Crippen molar-refractivity contribution in [3.05, 3.63) is 87.1 Å². The summed E-state index contributed by atoms with van der Waals surface area (Å²) >= 11 is 1.41. The predicted molar refractivity (Wildman–Crippen MR) is 126 cm³/mol. The quantitative estimate of drug-likeness (QED) is 0.359. The Labute approximate surface area is 183 Å². The van der Waals surface area contributed by atoms with Gasteiger partial charge in [-0.1, -0.05) is 55.8 Å². The third-order valence-electron chi connectivity index (χ3n) is 5.53. The van der Waals surface area contributed by atoms with Crippen molar-refractivity contribution in [1.29, 1.82) is 0 Å². The molecule has 2 aromatic carbocycles. The fourth-order valence-corrected chi connectivity index (χ4v) is 4.60. The van der Waals surface area contributed by atoms with Gasteiger partial charge in [0, 0.05) is 11.3 Å². The van der Waals surface area contributed by atoms with Gasteiger partial charge in [0.25, 0.3) is 5.91 Å². The van der Waals surface area contributed by atoms with E-state index in [0.29, 0.717) is 16.4 Å². The fraction of sp³-hybridized carbons (Fsp3) is 0.308. The summed E-state index contributed by atoms with van der Waals surface area (Å²) in [6.45, 7) is 4.43. The third-order valence-corrected chi connectivity index (χ3v) is 6.40. The molecule has 0 fully saturated rings. The van der Waals surface area contributed by atoms with Crippen molar-refractivity contribution in [2.45, 2.75) is 51.9 Å². The maximum atomic E-state index is 12.5. The van der Waals surface area contributed by atoms with Crippen molar-refractivity contribution in [2.24, 2.45) is 0 Å². The zero-order chi connectivity index (χ0) is 21.3. The molecular formula is C26H29NO2S. The molecule has 0 aliphatic rings. The van der Waals surface area contributed by atoms with Crippen LogP contribution in [0.15, 0.2) is 60.0 Å². The molecule has 0 aliphatic heterocycles. The van der Waals surface area contributed by atoms with Crippen molar-refractivity contribution in [1.82, 2.24) is 0 Å². The van der Waals surface area contributed by atoms with E-state index in [1.807, 2.05) is 23.6 Å². The van der Waals surface area contributed by atoms with E-state index in [4.69, 9.17) is 0 Å². The molecule has 156 valence electrons. The van der Waals surface area contributed by atoms with Gasteiger partial charge >= 0.3 is 0 Å². The molecular weight excluding hydrogens is 390 g/mol. The molecule has 1 aromatic heterocycles. The molecule has 30 heavy (non-hydrogen) atoms. The highest BCUT2D eigenvalue weighted by atomic mass is 32.1. The number of hydrogen-bond acceptors (Lipinski definition) is 3. The highest BCUT2D eigenvalue weighted by Crippen LogP contribution is 2.30. The van der Waals surface area contributed by atoms with Crippen molar-refractivity contribution in [3.63, 3.8) is 0 Å². The first-order valence-corrected chi connectivity index (χ1v) is 11.5. The van der Waals surface area contributed by atoms with Crippen LogP contribution in [0.2, 0.25) is 0 Å². The van der Waals surface area contributed by atoms with E-state index in [9.17, 15) is 9.59 Å². The van der Waals surface area contributed by atoms with E-state index in [-0.39, 0.29) is 5.91 Å². The van der Waals surface area contributed by atoms with Crippen LogP contribution in [0.3, 0.4) is 0 Å². The molecule has 4 heteroatoms. The zero-order valence-corrected chi connectivity index (χ0v) is 18.5. The highest BCUT2D eigenvalue weighted by Gasteiger charge is 2.15. The van der Waals surface area contributed by atoms with Gasteiger partial charge in [0.15, 0.2) is 0 Å². The molecule has 3 nitrogen and oxygen atoms in total. The summed E-state index contributed by atoms with van der Waals surface area (Å²) in [5.74, 6) is 0.424. The van der Waals surface area contributed by atoms with Gasteiger partial charge in [-0.15, -0.1) is 11.3 Å². The summed E-state index contributed by atoms with van der Waals surface area (Å²) in [4.78, 5) is 24.4. The summed E-state index contributed by atoms with van der Waals surface area (Å²) in [5.41, 5.74) is 5.19. The Hall–Kier alpha value is -2.72. The first-order chi connectivity index (χ1) is 14.6. The summed E-state index contributed by atoms with van der Waals surface area (Å²) in [6, 6.07) is 17.9. The SMILES string of the molecule is CCCC(CCCc1ccc(C=O)cc1NC(=O)c1cccs1)c1ccccc1C. The molecule has 1 heterocycles. The van der Waals surface area contributed by atoms with Crippen molar-refractivity contribution in [3.8, 4) is 0 Å². The standard InChI is InChI=1S/C26H29NO2S/c1-3-8-21(23-12-5-4-9-19(23)2)10-6-11-22-15-14-20(18-28)17-24(22)27-26(29)25-13-7-16-30-25/h4-5,7,9,12-18,21H,3,6,8,10-11H2,1-2H3,(H,27,29). The second-order valence-electron chi connectivity index (χ2n) is 7.70. The highest BCUT2D eigenvalue weighted by molar-refractivity contribution is 7.12. The average Bonchev–Trinajstić information content (AvgIpc) is 3.29. The van der Waals surface area contributed by atoms with Crippen LogP contribution in [-0.2, 0) is 6.42 Å². The Morgan fingerprint density at radius 3 is 2.63 bits per heavy atom. The Morgan fingerprint density at radius 1 is 1.10 bits per heavy atom. The van der Waals surface area contributed by atoms with E-state index >= 15 is 0 Å². The second kappa shape index (κ2) is 10.9. The predicted octanol–water partition coefficient (Wildman–Crippen LogP) is 7.03. The second-order valence-corrected chi connectivity index (χ2v) is 8.65. The van der Waals surface area contributed by atoms with Crippen molar-refractivity contribution >= 4 is 29.2 Å². The van der Waals surface area contributed by atoms with Crippen LogP contribution in [0.1, 0.15) is 75.2 Å². The monoisotopic (exact) mass is 419 g/mol. The molecule has 3 rings (SSSR count). The van der Waals surface area contributed by atoms with Gasteiger partial charge in [0.2, 0.25) is 0 Å². The lowest BCUT2D eigenvalue weighted by molar-refractivity contribution is 0.102. The topological polar surface area (TPSA) is 46.2 Å². The number of carbonyl (C=O) groups excluding carboxylic acids is 2. The lowest BCUT2D eigenvalue weighted by Gasteiger charge is -2.19. The fourth-order valence-electron chi connectivity index (χ4n) is 3.98. The molecule has 0 saturated carbocycles. The average molecular weight is 420 g/mol. The van der Waals surface area contributed by atoms with E-state index in [1.165, 1.54) is 28.9 Å². The van der Waals surface area contributed by atoms with Gasteiger partial charge in [-0.2, -0.15) is 0 Å². The van der Waals surface area contributed by atoms with Gasteiger partial charge in [0.1, 0.15) is 6.29 Å². The first kappa shape index (κ1) is 22.0. The minimum absolute atomic E-state index is 0.127. The van der Waals surface area contributed by atoms with Crippen LogP contribution in [0.4, 0.5) is 5.69 Å². The number of aldehydes is 1. The van der Waals surface area contributed by atoms with E-state index in [0.717, 1.165) is 43.2 Å². The van der Waals surface area contributed by atoms with Crippen LogP contribution in [0, 0.1) is 6.92 Å². The van der Waals surface area contributed by atoms with Gasteiger partial charge < -0.3 is 5.32 Å². The Kier molecular flexibility index (Phi) is 7.97. The summed E-state index contributed by atoms with van der Waals surface area (Å²) in [5, 5.41) is 4.89. The molecule has 1 atom stereocenters. The maximum absolute atomic E-state index is 12.5. The van der Waals surface area contributed by atoms with E-state index < -0.39 is 0 Å². The number of nitrogens with one attached hydrogen (secondary N) is 1. The van der Waals surface area contributed by atoms with Gasteiger partial charge in [-0.3, -0.25) is 9.59 Å². The Bertz CT molecular complexity index is 978. The van der Waals surface area contributed by atoms with Crippen LogP contribution in [-0.4, -0.2) is 12.2 Å². The first-order valence-electron chi connectivity index (χ1n) is 10.6. The molecule has 0 bridgehead atoms. The number of rotatable bonds is 10. The molecule has 1 unspecified atom stereocenters. The van der Waals surface area contributed by atoms with Crippen molar-refractivity contribution in [2.75, 3.05) is 5.32 Å². The minimum Gasteiger partial charge on any atom is -0.321 e. The van der Waals surface area contributed by atoms with Gasteiger partial charge in [-0.25, -0.2) is 0 Å². The van der Waals surface area contributed by atoms with Crippen LogP contribution in [0.25, 0.3) is 0 Å². The Morgan fingerprint density at radius 2 is 1.93 bits per heavy atom. The number of thiophene rings is 1. The summed E-state index contributed by atoms with van der Waals surface area (Å²) < 4.78 is 0. The zero-order valence-electron chi connectivity index (χ0n) is 17.7. The lowest BCUT2D eigenvalue weighted by atomic mass is 9.86. The Balaban J connectivity index is 1.71. The van der Waals surface area contributed by atoms with E-state index in [2.05, 4.69) is 43.4 Å². The van der Waals surface area contributed by atoms with Gasteiger partial charge in [0.05, 0.1) is 4.88 Å². The molecule has 1 N–H and O–H groups in total.